The Bertz CT molecular complexity index is 358. The molecule has 2 nitrogen and oxygen atoms in total. The zero-order valence-electron chi connectivity index (χ0n) is 9.04. The molecule has 1 atom stereocenters. The van der Waals surface area contributed by atoms with Crippen LogP contribution in [0.3, 0.4) is 0 Å². The van der Waals surface area contributed by atoms with Crippen molar-refractivity contribution in [2.45, 2.75) is 25.5 Å². The molecule has 0 saturated heterocycles. The SMILES string of the molecule is CCC(C)SCC(=O)NC1=CC=C=C=C1. The van der Waals surface area contributed by atoms with E-state index >= 15 is 0 Å². The van der Waals surface area contributed by atoms with Gasteiger partial charge >= 0.3 is 0 Å². The van der Waals surface area contributed by atoms with Crippen molar-refractivity contribution in [2.24, 2.45) is 0 Å². The molecule has 1 amide bonds. The molecule has 1 unspecified atom stereocenters. The lowest BCUT2D eigenvalue weighted by molar-refractivity contribution is -0.117. The van der Waals surface area contributed by atoms with Gasteiger partial charge in [-0.2, -0.15) is 0 Å². The van der Waals surface area contributed by atoms with Gasteiger partial charge in [-0.05, 0) is 18.6 Å². The molecular weight excluding hydrogens is 206 g/mol. The molecular formula is C12H15NOS. The van der Waals surface area contributed by atoms with Crippen LogP contribution in [0.15, 0.2) is 35.4 Å². The van der Waals surface area contributed by atoms with Gasteiger partial charge in [-0.3, -0.25) is 4.79 Å². The smallest absolute Gasteiger partial charge is 0.234 e. The minimum absolute atomic E-state index is 0.0416. The summed E-state index contributed by atoms with van der Waals surface area (Å²) < 4.78 is 0. The van der Waals surface area contributed by atoms with Crippen molar-refractivity contribution >= 4 is 17.7 Å². The fourth-order valence-electron chi connectivity index (χ4n) is 0.958. The Balaban J connectivity index is 2.28. The highest BCUT2D eigenvalue weighted by molar-refractivity contribution is 8.00. The average Bonchev–Trinajstić information content (AvgIpc) is 2.27. The van der Waals surface area contributed by atoms with E-state index in [-0.39, 0.29) is 5.91 Å². The second-order valence-electron chi connectivity index (χ2n) is 3.30. The number of thioether (sulfide) groups is 1. The topological polar surface area (TPSA) is 29.1 Å². The van der Waals surface area contributed by atoms with Crippen molar-refractivity contribution in [1.82, 2.24) is 5.32 Å². The van der Waals surface area contributed by atoms with Gasteiger partial charge in [0.1, 0.15) is 0 Å². The largest absolute Gasteiger partial charge is 0.325 e. The standard InChI is InChI=1S/C12H15NOS/c1-3-10(2)15-9-12(14)13-11-7-5-4-6-8-11/h5,7-8,10H,3,9H2,1-2H3,(H,13,14). The third-order valence-electron chi connectivity index (χ3n) is 2.01. The summed E-state index contributed by atoms with van der Waals surface area (Å²) in [4.78, 5) is 11.5. The molecule has 0 bridgehead atoms. The second kappa shape index (κ2) is 6.36. The number of hydrogen-bond acceptors (Lipinski definition) is 2. The lowest BCUT2D eigenvalue weighted by Gasteiger charge is -2.08. The predicted molar refractivity (Wildman–Crippen MR) is 64.6 cm³/mol. The summed E-state index contributed by atoms with van der Waals surface area (Å²) in [5.74, 6) is 0.549. The van der Waals surface area contributed by atoms with Crippen molar-refractivity contribution in [2.75, 3.05) is 5.75 Å². The lowest BCUT2D eigenvalue weighted by Crippen LogP contribution is -2.24. The van der Waals surface area contributed by atoms with Crippen LogP contribution in [0, 0.1) is 0 Å². The maximum Gasteiger partial charge on any atom is 0.234 e. The van der Waals surface area contributed by atoms with Crippen LogP contribution in [0.25, 0.3) is 0 Å². The molecule has 1 rings (SSSR count). The van der Waals surface area contributed by atoms with E-state index in [0.717, 1.165) is 12.1 Å². The maximum absolute atomic E-state index is 11.5. The van der Waals surface area contributed by atoms with E-state index < -0.39 is 0 Å². The molecule has 0 aliphatic heterocycles. The number of carbonyl (C=O) groups excluding carboxylic acids is 1. The first kappa shape index (κ1) is 11.9. The van der Waals surface area contributed by atoms with Crippen LogP contribution in [-0.2, 0) is 4.79 Å². The van der Waals surface area contributed by atoms with Crippen LogP contribution in [0.4, 0.5) is 0 Å². The van der Waals surface area contributed by atoms with Crippen molar-refractivity contribution in [3.8, 4) is 0 Å². The molecule has 0 aromatic rings. The normalized spacial score (nSPS) is 14.9. The summed E-state index contributed by atoms with van der Waals surface area (Å²) in [7, 11) is 0. The quantitative estimate of drug-likeness (QED) is 0.722. The van der Waals surface area contributed by atoms with Crippen molar-refractivity contribution < 1.29 is 4.79 Å². The third kappa shape index (κ3) is 4.75. The van der Waals surface area contributed by atoms with Crippen LogP contribution in [0.5, 0.6) is 0 Å². The van der Waals surface area contributed by atoms with Gasteiger partial charge in [0.05, 0.1) is 5.75 Å². The van der Waals surface area contributed by atoms with E-state index in [9.17, 15) is 4.79 Å². The molecule has 0 saturated carbocycles. The molecule has 0 fully saturated rings. The van der Waals surface area contributed by atoms with Crippen molar-refractivity contribution in [1.29, 1.82) is 0 Å². The Hall–Kier alpha value is -1.14. The van der Waals surface area contributed by atoms with E-state index in [2.05, 4.69) is 30.6 Å². The fourth-order valence-corrected chi connectivity index (χ4v) is 1.70. The minimum Gasteiger partial charge on any atom is -0.325 e. The molecule has 0 aromatic carbocycles. The lowest BCUT2D eigenvalue weighted by atomic mass is 10.3. The Labute approximate surface area is 94.8 Å². The van der Waals surface area contributed by atoms with Crippen LogP contribution < -0.4 is 5.32 Å². The van der Waals surface area contributed by atoms with E-state index in [0.29, 0.717) is 11.0 Å². The highest BCUT2D eigenvalue weighted by Crippen LogP contribution is 2.12. The molecule has 1 aliphatic rings. The highest BCUT2D eigenvalue weighted by atomic mass is 32.2. The minimum atomic E-state index is 0.0416. The number of amides is 1. The Morgan fingerprint density at radius 2 is 2.40 bits per heavy atom. The first-order valence-corrected chi connectivity index (χ1v) is 6.06. The van der Waals surface area contributed by atoms with Gasteiger partial charge in [-0.25, -0.2) is 0 Å². The molecule has 0 aromatic heterocycles. The maximum atomic E-state index is 11.5. The van der Waals surface area contributed by atoms with Crippen LogP contribution in [0.2, 0.25) is 0 Å². The van der Waals surface area contributed by atoms with Crippen LogP contribution in [0.1, 0.15) is 20.3 Å². The molecule has 3 heteroatoms. The molecule has 1 aliphatic carbocycles. The van der Waals surface area contributed by atoms with E-state index in [4.69, 9.17) is 0 Å². The summed E-state index contributed by atoms with van der Waals surface area (Å²) in [6, 6.07) is 0. The van der Waals surface area contributed by atoms with Crippen molar-refractivity contribution in [3.05, 3.63) is 35.4 Å². The van der Waals surface area contributed by atoms with Gasteiger partial charge in [0.25, 0.3) is 0 Å². The van der Waals surface area contributed by atoms with Gasteiger partial charge in [0, 0.05) is 17.0 Å². The summed E-state index contributed by atoms with van der Waals surface area (Å²) in [6.07, 6.45) is 6.34. The number of carbonyl (C=O) groups is 1. The summed E-state index contributed by atoms with van der Waals surface area (Å²) in [5, 5.41) is 3.34. The number of nitrogens with one attached hydrogen (secondary N) is 1. The van der Waals surface area contributed by atoms with Gasteiger partial charge in [-0.15, -0.1) is 11.8 Å². The summed E-state index contributed by atoms with van der Waals surface area (Å²) >= 11 is 1.67. The summed E-state index contributed by atoms with van der Waals surface area (Å²) in [6.45, 7) is 4.25. The molecule has 0 spiro atoms. The van der Waals surface area contributed by atoms with Crippen LogP contribution in [-0.4, -0.2) is 16.9 Å². The third-order valence-corrected chi connectivity index (χ3v) is 3.35. The Kier molecular flexibility index (Phi) is 5.06. The average molecular weight is 221 g/mol. The number of allylic oxidation sites excluding steroid dienone is 3. The molecule has 1 N–H and O–H groups in total. The van der Waals surface area contributed by atoms with Gasteiger partial charge in [0.2, 0.25) is 5.91 Å². The van der Waals surface area contributed by atoms with Gasteiger partial charge < -0.3 is 5.32 Å². The zero-order chi connectivity index (χ0) is 11.1. The molecule has 15 heavy (non-hydrogen) atoms. The fraction of sp³-hybridized carbons (Fsp3) is 0.417. The van der Waals surface area contributed by atoms with E-state index in [1.54, 1.807) is 23.9 Å². The Morgan fingerprint density at radius 1 is 1.60 bits per heavy atom. The van der Waals surface area contributed by atoms with Gasteiger partial charge in [-0.1, -0.05) is 25.3 Å². The molecule has 80 valence electrons. The van der Waals surface area contributed by atoms with E-state index in [1.807, 2.05) is 6.08 Å². The first-order valence-electron chi connectivity index (χ1n) is 5.01. The van der Waals surface area contributed by atoms with Crippen LogP contribution >= 0.6 is 11.8 Å². The number of hydrogen-bond donors (Lipinski definition) is 1. The second-order valence-corrected chi connectivity index (χ2v) is 4.73. The highest BCUT2D eigenvalue weighted by Gasteiger charge is 2.06. The molecule has 0 heterocycles. The Morgan fingerprint density at radius 3 is 3.00 bits per heavy atom. The van der Waals surface area contributed by atoms with Crippen molar-refractivity contribution in [3.63, 3.8) is 0 Å². The molecule has 0 radical (unpaired) electrons. The monoisotopic (exact) mass is 221 g/mol. The van der Waals surface area contributed by atoms with E-state index in [1.165, 1.54) is 0 Å². The first-order chi connectivity index (χ1) is 7.22. The summed E-state index contributed by atoms with van der Waals surface area (Å²) in [5.41, 5.74) is 6.36. The van der Waals surface area contributed by atoms with Gasteiger partial charge in [0.15, 0.2) is 0 Å². The zero-order valence-corrected chi connectivity index (χ0v) is 9.86. The predicted octanol–water partition coefficient (Wildman–Crippen LogP) is 2.40. The number of rotatable bonds is 5.